The third-order valence-electron chi connectivity index (χ3n) is 4.55. The zero-order chi connectivity index (χ0) is 16.5. The Morgan fingerprint density at radius 2 is 2.25 bits per heavy atom. The second kappa shape index (κ2) is 6.09. The molecule has 0 radical (unpaired) electrons. The fourth-order valence-electron chi connectivity index (χ4n) is 3.42. The van der Waals surface area contributed by atoms with E-state index in [9.17, 15) is 5.11 Å². The number of aromatic hydroxyl groups is 1. The number of nitrogens with one attached hydrogen (secondary N) is 1. The molecular formula is C17H20N6O. The van der Waals surface area contributed by atoms with Crippen LogP contribution >= 0.6 is 0 Å². The van der Waals surface area contributed by atoms with Crippen LogP contribution in [0.2, 0.25) is 0 Å². The highest BCUT2D eigenvalue weighted by Crippen LogP contribution is 2.35. The lowest BCUT2D eigenvalue weighted by Gasteiger charge is -2.34. The molecule has 0 saturated carbocycles. The van der Waals surface area contributed by atoms with Crippen molar-refractivity contribution in [3.05, 3.63) is 59.7 Å². The number of phenols is 1. The van der Waals surface area contributed by atoms with Gasteiger partial charge in [0.15, 0.2) is 0 Å². The van der Waals surface area contributed by atoms with E-state index < -0.39 is 0 Å². The zero-order valence-electron chi connectivity index (χ0n) is 13.6. The number of aromatic nitrogens is 5. The molecule has 0 bridgehead atoms. The molecule has 0 amide bonds. The average molecular weight is 324 g/mol. The molecule has 1 aromatic carbocycles. The van der Waals surface area contributed by atoms with Crippen molar-refractivity contribution in [2.24, 2.45) is 0 Å². The lowest BCUT2D eigenvalue weighted by atomic mass is 9.95. The SMILES string of the molecule is CCn1ncnc1CN1CCc2[nH]cnc2C1c1cccc(O)c1. The van der Waals surface area contributed by atoms with Crippen molar-refractivity contribution in [3.63, 3.8) is 0 Å². The first-order chi connectivity index (χ1) is 11.8. The molecule has 7 nitrogen and oxygen atoms in total. The molecule has 4 rings (SSSR count). The maximum absolute atomic E-state index is 9.89. The van der Waals surface area contributed by atoms with Gasteiger partial charge in [-0.3, -0.25) is 4.90 Å². The zero-order valence-corrected chi connectivity index (χ0v) is 13.6. The minimum Gasteiger partial charge on any atom is -0.508 e. The molecule has 0 aliphatic carbocycles. The Hall–Kier alpha value is -2.67. The van der Waals surface area contributed by atoms with Crippen LogP contribution in [0.4, 0.5) is 0 Å². The van der Waals surface area contributed by atoms with Crippen molar-refractivity contribution in [1.29, 1.82) is 0 Å². The van der Waals surface area contributed by atoms with Gasteiger partial charge in [0.05, 0.1) is 24.6 Å². The monoisotopic (exact) mass is 324 g/mol. The molecule has 7 heteroatoms. The number of hydrogen-bond acceptors (Lipinski definition) is 5. The van der Waals surface area contributed by atoms with E-state index in [1.54, 1.807) is 18.7 Å². The summed E-state index contributed by atoms with van der Waals surface area (Å²) in [6.45, 7) is 4.45. The molecule has 2 N–H and O–H groups in total. The van der Waals surface area contributed by atoms with Crippen LogP contribution < -0.4 is 0 Å². The quantitative estimate of drug-likeness (QED) is 0.765. The highest BCUT2D eigenvalue weighted by atomic mass is 16.3. The van der Waals surface area contributed by atoms with E-state index in [-0.39, 0.29) is 11.8 Å². The fourth-order valence-corrected chi connectivity index (χ4v) is 3.42. The van der Waals surface area contributed by atoms with E-state index in [4.69, 9.17) is 0 Å². The number of phenolic OH excluding ortho intramolecular Hbond substituents is 1. The van der Waals surface area contributed by atoms with Gasteiger partial charge in [0.25, 0.3) is 0 Å². The number of hydrogen-bond donors (Lipinski definition) is 2. The molecule has 3 aromatic rings. The summed E-state index contributed by atoms with van der Waals surface area (Å²) < 4.78 is 1.92. The van der Waals surface area contributed by atoms with Crippen LogP contribution in [-0.2, 0) is 19.5 Å². The molecule has 0 fully saturated rings. The first kappa shape index (κ1) is 14.9. The largest absolute Gasteiger partial charge is 0.508 e. The number of H-pyrrole nitrogens is 1. The Morgan fingerprint density at radius 3 is 3.08 bits per heavy atom. The molecule has 0 saturated heterocycles. The van der Waals surface area contributed by atoms with Gasteiger partial charge in [-0.1, -0.05) is 12.1 Å². The molecule has 124 valence electrons. The minimum atomic E-state index is -0.00546. The average Bonchev–Trinajstić information content (AvgIpc) is 3.23. The number of imidazole rings is 1. The molecule has 1 aliphatic heterocycles. The number of rotatable bonds is 4. The van der Waals surface area contributed by atoms with Crippen molar-refractivity contribution in [2.45, 2.75) is 32.5 Å². The van der Waals surface area contributed by atoms with Gasteiger partial charge < -0.3 is 10.1 Å². The summed E-state index contributed by atoms with van der Waals surface area (Å²) in [5, 5.41) is 14.2. The summed E-state index contributed by atoms with van der Waals surface area (Å²) in [6.07, 6.45) is 4.27. The van der Waals surface area contributed by atoms with Crippen molar-refractivity contribution >= 4 is 0 Å². The Labute approximate surface area is 140 Å². The molecule has 1 aliphatic rings. The molecule has 0 spiro atoms. The van der Waals surface area contributed by atoms with Crippen molar-refractivity contribution in [1.82, 2.24) is 29.6 Å². The lowest BCUT2D eigenvalue weighted by Crippen LogP contribution is -2.36. The van der Waals surface area contributed by atoms with Crippen LogP contribution in [-0.4, -0.2) is 41.3 Å². The minimum absolute atomic E-state index is 0.00546. The number of fused-ring (bicyclic) bond motifs is 1. The Kier molecular flexibility index (Phi) is 3.78. The third kappa shape index (κ3) is 2.56. The second-order valence-electron chi connectivity index (χ2n) is 5.98. The van der Waals surface area contributed by atoms with Crippen LogP contribution in [0.25, 0.3) is 0 Å². The summed E-state index contributed by atoms with van der Waals surface area (Å²) >= 11 is 0. The van der Waals surface area contributed by atoms with E-state index in [0.717, 1.165) is 42.3 Å². The van der Waals surface area contributed by atoms with E-state index in [0.29, 0.717) is 6.54 Å². The molecule has 3 heterocycles. The van der Waals surface area contributed by atoms with Crippen molar-refractivity contribution < 1.29 is 5.11 Å². The topological polar surface area (TPSA) is 82.9 Å². The summed E-state index contributed by atoms with van der Waals surface area (Å²) in [4.78, 5) is 14.5. The molecule has 24 heavy (non-hydrogen) atoms. The molecular weight excluding hydrogens is 304 g/mol. The first-order valence-electron chi connectivity index (χ1n) is 8.18. The van der Waals surface area contributed by atoms with E-state index >= 15 is 0 Å². The highest BCUT2D eigenvalue weighted by molar-refractivity contribution is 5.36. The molecule has 1 atom stereocenters. The summed E-state index contributed by atoms with van der Waals surface area (Å²) in [7, 11) is 0. The Morgan fingerprint density at radius 1 is 1.33 bits per heavy atom. The summed E-state index contributed by atoms with van der Waals surface area (Å²) in [5.41, 5.74) is 3.22. The lowest BCUT2D eigenvalue weighted by molar-refractivity contribution is 0.191. The fraction of sp³-hybridized carbons (Fsp3) is 0.353. The number of aromatic amines is 1. The van der Waals surface area contributed by atoms with Gasteiger partial charge in [0, 0.05) is 25.2 Å². The highest BCUT2D eigenvalue weighted by Gasteiger charge is 2.31. The Bertz CT molecular complexity index is 839. The maximum Gasteiger partial charge on any atom is 0.141 e. The summed E-state index contributed by atoms with van der Waals surface area (Å²) in [5.74, 6) is 1.22. The summed E-state index contributed by atoms with van der Waals surface area (Å²) in [6, 6.07) is 7.40. The van der Waals surface area contributed by atoms with Crippen molar-refractivity contribution in [2.75, 3.05) is 6.54 Å². The third-order valence-corrected chi connectivity index (χ3v) is 4.55. The van der Waals surface area contributed by atoms with Crippen LogP contribution in [0.15, 0.2) is 36.9 Å². The Balaban J connectivity index is 1.72. The normalized spacial score (nSPS) is 17.8. The number of nitrogens with zero attached hydrogens (tertiary/aromatic N) is 5. The van der Waals surface area contributed by atoms with Crippen LogP contribution in [0, 0.1) is 0 Å². The van der Waals surface area contributed by atoms with Gasteiger partial charge >= 0.3 is 0 Å². The van der Waals surface area contributed by atoms with Crippen LogP contribution in [0.5, 0.6) is 5.75 Å². The second-order valence-corrected chi connectivity index (χ2v) is 5.98. The van der Waals surface area contributed by atoms with Crippen LogP contribution in [0.3, 0.4) is 0 Å². The van der Waals surface area contributed by atoms with Crippen molar-refractivity contribution in [3.8, 4) is 5.75 Å². The number of aryl methyl sites for hydroxylation is 1. The molecule has 1 unspecified atom stereocenters. The van der Waals surface area contributed by atoms with Crippen LogP contribution in [0.1, 0.15) is 35.7 Å². The van der Waals surface area contributed by atoms with E-state index in [1.165, 1.54) is 0 Å². The molecule has 2 aromatic heterocycles. The smallest absolute Gasteiger partial charge is 0.141 e. The predicted molar refractivity (Wildman–Crippen MR) is 88.3 cm³/mol. The van der Waals surface area contributed by atoms with Gasteiger partial charge in [0.2, 0.25) is 0 Å². The first-order valence-corrected chi connectivity index (χ1v) is 8.18. The maximum atomic E-state index is 9.89. The van der Waals surface area contributed by atoms with E-state index in [2.05, 4.69) is 31.9 Å². The predicted octanol–water partition coefficient (Wildman–Crippen LogP) is 1.87. The van der Waals surface area contributed by atoms with Gasteiger partial charge in [-0.15, -0.1) is 0 Å². The van der Waals surface area contributed by atoms with Gasteiger partial charge in [-0.25, -0.2) is 14.6 Å². The van der Waals surface area contributed by atoms with Gasteiger partial charge in [-0.05, 0) is 24.6 Å². The van der Waals surface area contributed by atoms with E-state index in [1.807, 2.05) is 22.9 Å². The van der Waals surface area contributed by atoms with Gasteiger partial charge in [-0.2, -0.15) is 5.10 Å². The number of benzene rings is 1. The standard InChI is InChI=1S/C17H20N6O/c1-2-23-15(19-11-21-23)9-22-7-6-14-16(20-10-18-14)17(22)12-4-3-5-13(24)8-12/h3-5,8,10-11,17,24H,2,6-7,9H2,1H3,(H,18,20). The van der Waals surface area contributed by atoms with Gasteiger partial charge in [0.1, 0.15) is 17.9 Å².